The monoisotopic (exact) mass is 404 g/mol. The maximum atomic E-state index is 12.2. The number of carbonyl (C=O) groups excluding carboxylic acids is 3. The summed E-state index contributed by atoms with van der Waals surface area (Å²) in [6.07, 6.45) is 0. The van der Waals surface area contributed by atoms with Crippen LogP contribution in [0.15, 0.2) is 18.2 Å². The molecule has 10 nitrogen and oxygen atoms in total. The second kappa shape index (κ2) is 9.58. The highest BCUT2D eigenvalue weighted by atomic mass is 16.5. The minimum Gasteiger partial charge on any atom is -0.497 e. The van der Waals surface area contributed by atoms with Crippen molar-refractivity contribution in [1.82, 2.24) is 15.1 Å². The van der Waals surface area contributed by atoms with Gasteiger partial charge in [0.2, 0.25) is 0 Å². The van der Waals surface area contributed by atoms with Gasteiger partial charge < -0.3 is 24.8 Å². The van der Waals surface area contributed by atoms with Gasteiger partial charge in [0.25, 0.3) is 11.8 Å². The lowest BCUT2D eigenvalue weighted by Crippen LogP contribution is -2.32. The molecule has 0 unspecified atom stereocenters. The number of amides is 2. The number of nitrogens with zero attached hydrogens (tertiary/aromatic N) is 2. The smallest absolute Gasteiger partial charge is 0.325 e. The summed E-state index contributed by atoms with van der Waals surface area (Å²) < 4.78 is 16.7. The predicted molar refractivity (Wildman–Crippen MR) is 104 cm³/mol. The van der Waals surface area contributed by atoms with Crippen LogP contribution in [0.1, 0.15) is 21.7 Å². The van der Waals surface area contributed by atoms with Crippen LogP contribution in [0.5, 0.6) is 11.5 Å². The minimum atomic E-state index is -0.747. The summed E-state index contributed by atoms with van der Waals surface area (Å²) >= 11 is 0. The van der Waals surface area contributed by atoms with Crippen LogP contribution in [0.3, 0.4) is 0 Å². The van der Waals surface area contributed by atoms with Gasteiger partial charge in [0.05, 0.1) is 31.3 Å². The maximum absolute atomic E-state index is 12.2. The van der Waals surface area contributed by atoms with Crippen molar-refractivity contribution >= 4 is 23.5 Å². The first-order chi connectivity index (χ1) is 13.7. The molecule has 0 radical (unpaired) electrons. The van der Waals surface area contributed by atoms with E-state index in [1.165, 1.54) is 26.4 Å². The topological polar surface area (TPSA) is 121 Å². The fourth-order valence-electron chi connectivity index (χ4n) is 2.52. The second-order valence-corrected chi connectivity index (χ2v) is 6.16. The number of nitrogens with one attached hydrogen (secondary N) is 2. The molecule has 10 heteroatoms. The largest absolute Gasteiger partial charge is 0.497 e. The van der Waals surface area contributed by atoms with Gasteiger partial charge in [-0.05, 0) is 26.0 Å². The maximum Gasteiger partial charge on any atom is 0.325 e. The molecule has 29 heavy (non-hydrogen) atoms. The summed E-state index contributed by atoms with van der Waals surface area (Å²) in [5.74, 6) is -0.876. The molecule has 2 N–H and O–H groups in total. The number of aromatic nitrogens is 2. The van der Waals surface area contributed by atoms with Gasteiger partial charge >= 0.3 is 5.97 Å². The Labute approximate surface area is 168 Å². The number of rotatable bonds is 8. The Morgan fingerprint density at radius 3 is 2.21 bits per heavy atom. The Morgan fingerprint density at radius 1 is 1.07 bits per heavy atom. The van der Waals surface area contributed by atoms with Gasteiger partial charge in [0, 0.05) is 18.7 Å². The number of benzene rings is 1. The van der Waals surface area contributed by atoms with Crippen LogP contribution >= 0.6 is 0 Å². The predicted octanol–water partition coefficient (Wildman–Crippen LogP) is 0.966. The zero-order chi connectivity index (χ0) is 21.6. The van der Waals surface area contributed by atoms with E-state index in [-0.39, 0.29) is 5.56 Å². The van der Waals surface area contributed by atoms with Gasteiger partial charge in [-0.3, -0.25) is 19.1 Å². The SMILES string of the molecule is COc1cc(OC)cc(C(=O)NCC(=O)OCC(=O)Nc2c(C)nn(C)c2C)c1. The molecule has 0 spiro atoms. The van der Waals surface area contributed by atoms with E-state index >= 15 is 0 Å². The quantitative estimate of drug-likeness (QED) is 0.629. The zero-order valence-electron chi connectivity index (χ0n) is 17.0. The average molecular weight is 404 g/mol. The number of hydrogen-bond donors (Lipinski definition) is 2. The number of hydrogen-bond acceptors (Lipinski definition) is 7. The zero-order valence-corrected chi connectivity index (χ0v) is 17.0. The Morgan fingerprint density at radius 2 is 1.69 bits per heavy atom. The first kappa shape index (κ1) is 21.7. The summed E-state index contributed by atoms with van der Waals surface area (Å²) in [6, 6.07) is 4.64. The van der Waals surface area contributed by atoms with Crippen LogP contribution in [-0.2, 0) is 21.4 Å². The highest BCUT2D eigenvalue weighted by Gasteiger charge is 2.15. The number of esters is 1. The molecule has 0 saturated carbocycles. The van der Waals surface area contributed by atoms with Crippen LogP contribution in [0.25, 0.3) is 0 Å². The molecular formula is C19H24N4O6. The van der Waals surface area contributed by atoms with Crippen molar-refractivity contribution in [2.24, 2.45) is 7.05 Å². The molecule has 1 aromatic heterocycles. The van der Waals surface area contributed by atoms with Gasteiger partial charge in [0.15, 0.2) is 6.61 Å². The van der Waals surface area contributed by atoms with Crippen molar-refractivity contribution in [2.45, 2.75) is 13.8 Å². The number of aryl methyl sites for hydroxylation is 2. The third-order valence-corrected chi connectivity index (χ3v) is 4.14. The van der Waals surface area contributed by atoms with Crippen LogP contribution < -0.4 is 20.1 Å². The van der Waals surface area contributed by atoms with E-state index in [1.807, 2.05) is 6.92 Å². The van der Waals surface area contributed by atoms with Gasteiger partial charge in [-0.25, -0.2) is 0 Å². The lowest BCUT2D eigenvalue weighted by Gasteiger charge is -2.10. The molecule has 0 aliphatic carbocycles. The third kappa shape index (κ3) is 5.71. The Kier molecular flexibility index (Phi) is 7.18. The molecule has 0 fully saturated rings. The molecule has 0 aliphatic rings. The number of anilines is 1. The number of carbonyl (C=O) groups is 3. The first-order valence-electron chi connectivity index (χ1n) is 8.72. The fraction of sp³-hybridized carbons (Fsp3) is 0.368. The van der Waals surface area contributed by atoms with E-state index in [0.717, 1.165) is 5.69 Å². The highest BCUT2D eigenvalue weighted by Crippen LogP contribution is 2.22. The Hall–Kier alpha value is -3.56. The molecule has 2 aromatic rings. The van der Waals surface area contributed by atoms with Gasteiger partial charge in [-0.15, -0.1) is 0 Å². The lowest BCUT2D eigenvalue weighted by atomic mass is 10.2. The van der Waals surface area contributed by atoms with Crippen LogP contribution in [0, 0.1) is 13.8 Å². The highest BCUT2D eigenvalue weighted by molar-refractivity contribution is 5.97. The molecule has 1 aromatic carbocycles. The van der Waals surface area contributed by atoms with Gasteiger partial charge in [0.1, 0.15) is 18.0 Å². The summed E-state index contributed by atoms with van der Waals surface area (Å²) in [5.41, 5.74) is 2.27. The van der Waals surface area contributed by atoms with E-state index in [4.69, 9.17) is 14.2 Å². The normalized spacial score (nSPS) is 10.2. The van der Waals surface area contributed by atoms with E-state index in [9.17, 15) is 14.4 Å². The Bertz CT molecular complexity index is 899. The van der Waals surface area contributed by atoms with Crippen molar-refractivity contribution in [1.29, 1.82) is 0 Å². The molecule has 2 rings (SSSR count). The van der Waals surface area contributed by atoms with Crippen LogP contribution in [0.4, 0.5) is 5.69 Å². The number of ether oxygens (including phenoxy) is 3. The molecule has 0 saturated heterocycles. The summed E-state index contributed by atoms with van der Waals surface area (Å²) in [4.78, 5) is 36.1. The summed E-state index contributed by atoms with van der Waals surface area (Å²) in [5, 5.41) is 9.27. The van der Waals surface area contributed by atoms with Crippen molar-refractivity contribution < 1.29 is 28.6 Å². The average Bonchev–Trinajstić information content (AvgIpc) is 2.95. The van der Waals surface area contributed by atoms with E-state index in [1.54, 1.807) is 24.7 Å². The van der Waals surface area contributed by atoms with E-state index in [2.05, 4.69) is 15.7 Å². The molecule has 0 aliphatic heterocycles. The van der Waals surface area contributed by atoms with Crippen LogP contribution in [0.2, 0.25) is 0 Å². The van der Waals surface area contributed by atoms with Gasteiger partial charge in [-0.2, -0.15) is 5.10 Å². The van der Waals surface area contributed by atoms with Gasteiger partial charge in [-0.1, -0.05) is 0 Å². The first-order valence-corrected chi connectivity index (χ1v) is 8.72. The molecule has 1 heterocycles. The lowest BCUT2D eigenvalue weighted by molar-refractivity contribution is -0.146. The van der Waals surface area contributed by atoms with Crippen molar-refractivity contribution in [3.05, 3.63) is 35.2 Å². The molecular weight excluding hydrogens is 380 g/mol. The van der Waals surface area contributed by atoms with E-state index in [0.29, 0.717) is 22.9 Å². The fourth-order valence-corrected chi connectivity index (χ4v) is 2.52. The molecule has 2 amide bonds. The molecule has 0 atom stereocenters. The molecule has 0 bridgehead atoms. The summed E-state index contributed by atoms with van der Waals surface area (Å²) in [7, 11) is 4.69. The number of methoxy groups -OCH3 is 2. The van der Waals surface area contributed by atoms with E-state index < -0.39 is 30.9 Å². The minimum absolute atomic E-state index is 0.259. The standard InChI is InChI=1S/C19H24N4O6/c1-11-18(12(2)23(3)22-11)21-16(24)10-29-17(25)9-20-19(26)13-6-14(27-4)8-15(7-13)28-5/h6-8H,9-10H2,1-5H3,(H,20,26)(H,21,24). The molecule has 156 valence electrons. The third-order valence-electron chi connectivity index (χ3n) is 4.14. The Balaban J connectivity index is 1.83. The second-order valence-electron chi connectivity index (χ2n) is 6.16. The van der Waals surface area contributed by atoms with Crippen molar-refractivity contribution in [2.75, 3.05) is 32.7 Å². The van der Waals surface area contributed by atoms with Crippen molar-refractivity contribution in [3.63, 3.8) is 0 Å². The van der Waals surface area contributed by atoms with Crippen molar-refractivity contribution in [3.8, 4) is 11.5 Å². The summed E-state index contributed by atoms with van der Waals surface area (Å²) in [6.45, 7) is 2.70. The van der Waals surface area contributed by atoms with Crippen LogP contribution in [-0.4, -0.2) is 54.9 Å².